The number of hydrogen-bond acceptors (Lipinski definition) is 2. The Balaban J connectivity index is 1.90. The first-order chi connectivity index (χ1) is 17.3. The van der Waals surface area contributed by atoms with Crippen LogP contribution in [0.2, 0.25) is 0 Å². The Labute approximate surface area is 215 Å². The quantitative estimate of drug-likeness (QED) is 0.103. The highest BCUT2D eigenvalue weighted by atomic mass is 19.4. The smallest absolute Gasteiger partial charge is 0.381 e. The lowest BCUT2D eigenvalue weighted by Crippen LogP contribution is -2.60. The fourth-order valence-corrected chi connectivity index (χ4v) is 4.41. The second-order valence-corrected chi connectivity index (χ2v) is 10.1. The minimum atomic E-state index is -6.79. The van der Waals surface area contributed by atoms with Gasteiger partial charge in [-0.2, -0.15) is 39.5 Å². The molecule has 2 nitrogen and oxygen atoms in total. The average Bonchev–Trinajstić information content (AvgIpc) is 2.83. The molecule has 37 heavy (non-hydrogen) atoms. The van der Waals surface area contributed by atoms with Gasteiger partial charge in [-0.1, -0.05) is 70.6 Å². The van der Waals surface area contributed by atoms with E-state index in [-0.39, 0.29) is 6.42 Å². The summed E-state index contributed by atoms with van der Waals surface area (Å²) in [6.07, 6.45) is 6.59. The van der Waals surface area contributed by atoms with Gasteiger partial charge in [0.2, 0.25) is 0 Å². The van der Waals surface area contributed by atoms with Gasteiger partial charge in [0.25, 0.3) is 0 Å². The molecule has 0 bridgehead atoms. The Bertz CT molecular complexity index is 577. The largest absolute Gasteiger partial charge is 0.460 e. The van der Waals surface area contributed by atoms with Crippen LogP contribution >= 0.6 is 0 Å². The zero-order valence-electron chi connectivity index (χ0n) is 21.6. The zero-order chi connectivity index (χ0) is 27.8. The maximum Gasteiger partial charge on any atom is 0.460 e. The standard InChI is InChI=1S/C26H43F9O2/c27-23(28,24(29,30)25(31,32)26(33,34)35)18-13-10-8-6-4-2-1-3-5-7-9-11-14-19-36-21-17-22-16-12-15-20-37-22/h22H,1-21H2. The Morgan fingerprint density at radius 3 is 1.51 bits per heavy atom. The maximum absolute atomic E-state index is 13.4. The molecule has 1 rings (SSSR count). The zero-order valence-corrected chi connectivity index (χ0v) is 21.6. The van der Waals surface area contributed by atoms with E-state index in [1.807, 2.05) is 0 Å². The topological polar surface area (TPSA) is 18.5 Å². The van der Waals surface area contributed by atoms with Crippen molar-refractivity contribution in [3.63, 3.8) is 0 Å². The lowest BCUT2D eigenvalue weighted by atomic mass is 9.97. The van der Waals surface area contributed by atoms with Crippen molar-refractivity contribution in [3.8, 4) is 0 Å². The average molecular weight is 559 g/mol. The molecule has 1 atom stereocenters. The second kappa shape index (κ2) is 17.1. The summed E-state index contributed by atoms with van der Waals surface area (Å²) in [6.45, 7) is 2.41. The van der Waals surface area contributed by atoms with Crippen molar-refractivity contribution in [1.82, 2.24) is 0 Å². The molecule has 0 radical (unpaired) electrons. The van der Waals surface area contributed by atoms with Crippen molar-refractivity contribution >= 4 is 0 Å². The van der Waals surface area contributed by atoms with Crippen LogP contribution < -0.4 is 0 Å². The molecule has 1 aliphatic rings. The van der Waals surface area contributed by atoms with Gasteiger partial charge in [0.15, 0.2) is 0 Å². The molecule has 0 amide bonds. The molecule has 11 heteroatoms. The molecule has 1 fully saturated rings. The number of hydrogen-bond donors (Lipinski definition) is 0. The Morgan fingerprint density at radius 2 is 1.05 bits per heavy atom. The highest BCUT2D eigenvalue weighted by molar-refractivity contribution is 5.00. The first-order valence-electron chi connectivity index (χ1n) is 13.7. The van der Waals surface area contributed by atoms with E-state index in [0.29, 0.717) is 18.9 Å². The van der Waals surface area contributed by atoms with E-state index in [9.17, 15) is 39.5 Å². The summed E-state index contributed by atoms with van der Waals surface area (Å²) in [5.74, 6) is -18.7. The number of ether oxygens (including phenoxy) is 2. The van der Waals surface area contributed by atoms with Crippen LogP contribution in [0.15, 0.2) is 0 Å². The summed E-state index contributed by atoms with van der Waals surface area (Å²) in [6, 6.07) is 0. The highest BCUT2D eigenvalue weighted by Gasteiger charge is 2.81. The highest BCUT2D eigenvalue weighted by Crippen LogP contribution is 2.54. The van der Waals surface area contributed by atoms with Gasteiger partial charge in [-0.15, -0.1) is 0 Å². The first kappa shape index (κ1) is 34.3. The van der Waals surface area contributed by atoms with Gasteiger partial charge in [0.1, 0.15) is 0 Å². The van der Waals surface area contributed by atoms with Crippen LogP contribution in [-0.2, 0) is 9.47 Å². The summed E-state index contributed by atoms with van der Waals surface area (Å²) in [4.78, 5) is 0. The lowest BCUT2D eigenvalue weighted by Gasteiger charge is -2.33. The summed E-state index contributed by atoms with van der Waals surface area (Å²) in [5, 5.41) is 0. The van der Waals surface area contributed by atoms with Gasteiger partial charge in [-0.25, -0.2) is 0 Å². The van der Waals surface area contributed by atoms with Crippen molar-refractivity contribution in [2.45, 2.75) is 146 Å². The molecule has 0 aromatic rings. The maximum atomic E-state index is 13.4. The lowest BCUT2D eigenvalue weighted by molar-refractivity contribution is -0.396. The molecule has 0 spiro atoms. The van der Waals surface area contributed by atoms with E-state index in [1.165, 1.54) is 6.42 Å². The molecule has 1 saturated heterocycles. The minimum absolute atomic E-state index is 0.0708. The number of unbranched alkanes of at least 4 members (excludes halogenated alkanes) is 12. The van der Waals surface area contributed by atoms with Gasteiger partial charge in [-0.3, -0.25) is 0 Å². The molecule has 1 unspecified atom stereocenters. The monoisotopic (exact) mass is 558 g/mol. The molecule has 1 heterocycles. The molecule has 0 N–H and O–H groups in total. The van der Waals surface area contributed by atoms with Crippen molar-refractivity contribution in [3.05, 3.63) is 0 Å². The Kier molecular flexibility index (Phi) is 15.8. The van der Waals surface area contributed by atoms with Crippen LogP contribution in [0.1, 0.15) is 116 Å². The summed E-state index contributed by atoms with van der Waals surface area (Å²) in [7, 11) is 0. The van der Waals surface area contributed by atoms with Crippen LogP contribution in [0.4, 0.5) is 39.5 Å². The third-order valence-corrected chi connectivity index (χ3v) is 6.85. The van der Waals surface area contributed by atoms with E-state index < -0.39 is 36.8 Å². The van der Waals surface area contributed by atoms with Crippen molar-refractivity contribution in [2.75, 3.05) is 19.8 Å². The van der Waals surface area contributed by atoms with Gasteiger partial charge in [0.05, 0.1) is 6.10 Å². The number of alkyl halides is 9. The predicted molar refractivity (Wildman–Crippen MR) is 125 cm³/mol. The number of halogens is 9. The van der Waals surface area contributed by atoms with E-state index >= 15 is 0 Å². The Hall–Kier alpha value is -0.710. The molecule has 0 aliphatic carbocycles. The molecular weight excluding hydrogens is 515 g/mol. The molecular formula is C26H43F9O2. The van der Waals surface area contributed by atoms with Crippen LogP contribution in [0.25, 0.3) is 0 Å². The predicted octanol–water partition coefficient (Wildman–Crippen LogP) is 9.89. The molecule has 0 saturated carbocycles. The van der Waals surface area contributed by atoms with Gasteiger partial charge in [0, 0.05) is 26.2 Å². The van der Waals surface area contributed by atoms with Gasteiger partial charge >= 0.3 is 23.9 Å². The molecule has 222 valence electrons. The summed E-state index contributed by atoms with van der Waals surface area (Å²) < 4.78 is 127. The summed E-state index contributed by atoms with van der Waals surface area (Å²) in [5.41, 5.74) is 0. The van der Waals surface area contributed by atoms with Crippen molar-refractivity contribution in [1.29, 1.82) is 0 Å². The SMILES string of the molecule is FC(F)(F)C(F)(F)C(F)(F)C(F)(F)CCCCCCCCCCCCCCCOCCC1CCCCO1. The van der Waals surface area contributed by atoms with E-state index in [1.54, 1.807) is 0 Å². The number of rotatable bonds is 21. The first-order valence-corrected chi connectivity index (χ1v) is 13.7. The van der Waals surface area contributed by atoms with Gasteiger partial charge < -0.3 is 9.47 Å². The van der Waals surface area contributed by atoms with E-state index in [0.717, 1.165) is 96.9 Å². The Morgan fingerprint density at radius 1 is 0.568 bits per heavy atom. The van der Waals surface area contributed by atoms with E-state index in [2.05, 4.69) is 0 Å². The van der Waals surface area contributed by atoms with Gasteiger partial charge in [-0.05, 0) is 38.5 Å². The second-order valence-electron chi connectivity index (χ2n) is 10.1. The van der Waals surface area contributed by atoms with Crippen LogP contribution in [0, 0.1) is 0 Å². The van der Waals surface area contributed by atoms with Crippen molar-refractivity contribution in [2.24, 2.45) is 0 Å². The van der Waals surface area contributed by atoms with Crippen molar-refractivity contribution < 1.29 is 49.0 Å². The van der Waals surface area contributed by atoms with Crippen LogP contribution in [-0.4, -0.2) is 49.9 Å². The fourth-order valence-electron chi connectivity index (χ4n) is 4.41. The third-order valence-electron chi connectivity index (χ3n) is 6.85. The molecule has 0 aromatic carbocycles. The summed E-state index contributed by atoms with van der Waals surface area (Å²) >= 11 is 0. The molecule has 0 aromatic heterocycles. The fraction of sp³-hybridized carbons (Fsp3) is 1.00. The molecule has 1 aliphatic heterocycles. The van der Waals surface area contributed by atoms with E-state index in [4.69, 9.17) is 9.47 Å². The third kappa shape index (κ3) is 12.3. The van der Waals surface area contributed by atoms with Crippen LogP contribution in [0.3, 0.4) is 0 Å². The normalized spacial score (nSPS) is 17.9. The minimum Gasteiger partial charge on any atom is -0.381 e. The van der Waals surface area contributed by atoms with Crippen LogP contribution in [0.5, 0.6) is 0 Å².